The van der Waals surface area contributed by atoms with E-state index in [1.165, 1.54) is 0 Å². The molecule has 0 saturated heterocycles. The number of methoxy groups -OCH3 is 1. The molecule has 0 amide bonds. The highest BCUT2D eigenvalue weighted by molar-refractivity contribution is 7.71. The minimum Gasteiger partial charge on any atom is -0.481 e. The second-order valence-corrected chi connectivity index (χ2v) is 4.12. The summed E-state index contributed by atoms with van der Waals surface area (Å²) in [6.45, 7) is 3.90. The molecule has 2 aromatic heterocycles. The molecule has 2 heterocycles. The number of ether oxygens (including phenoxy) is 1. The molecule has 0 aromatic carbocycles. The maximum Gasteiger partial charge on any atom is 0.212 e. The lowest BCUT2D eigenvalue weighted by Gasteiger charge is -2.05. The van der Waals surface area contributed by atoms with Crippen molar-refractivity contribution in [1.29, 1.82) is 0 Å². The Hall–Kier alpha value is -1.75. The predicted molar refractivity (Wildman–Crippen MR) is 68.7 cm³/mol. The van der Waals surface area contributed by atoms with Crippen molar-refractivity contribution in [2.24, 2.45) is 0 Å². The second kappa shape index (κ2) is 4.63. The van der Waals surface area contributed by atoms with E-state index in [4.69, 9.17) is 17.0 Å². The standard InChI is InChI=1S/C12H13N3OS/c1-7-8(2)15-12(17)11(14-7)9-4-5-10(16-3)13-6-9/h4-6H,1-3H3,(H,15,17). The maximum absolute atomic E-state index is 5.27. The van der Waals surface area contributed by atoms with Gasteiger partial charge < -0.3 is 9.72 Å². The van der Waals surface area contributed by atoms with Gasteiger partial charge in [-0.25, -0.2) is 9.97 Å². The van der Waals surface area contributed by atoms with Crippen molar-refractivity contribution in [2.75, 3.05) is 7.11 Å². The molecule has 88 valence electrons. The van der Waals surface area contributed by atoms with Gasteiger partial charge in [-0.3, -0.25) is 0 Å². The van der Waals surface area contributed by atoms with Crippen LogP contribution in [-0.4, -0.2) is 22.1 Å². The number of aryl methyl sites for hydroxylation is 2. The highest BCUT2D eigenvalue weighted by Crippen LogP contribution is 2.19. The topological polar surface area (TPSA) is 50.8 Å². The first-order valence-corrected chi connectivity index (χ1v) is 5.60. The molecule has 0 saturated carbocycles. The molecule has 1 N–H and O–H groups in total. The number of aromatic nitrogens is 3. The summed E-state index contributed by atoms with van der Waals surface area (Å²) in [5.74, 6) is 0.576. The van der Waals surface area contributed by atoms with E-state index in [1.807, 2.05) is 19.9 Å². The summed E-state index contributed by atoms with van der Waals surface area (Å²) < 4.78 is 5.64. The van der Waals surface area contributed by atoms with E-state index in [0.29, 0.717) is 10.5 Å². The summed E-state index contributed by atoms with van der Waals surface area (Å²) in [6.07, 6.45) is 1.71. The predicted octanol–water partition coefficient (Wildman–Crippen LogP) is 2.83. The number of nitrogens with one attached hydrogen (secondary N) is 1. The van der Waals surface area contributed by atoms with Gasteiger partial charge in [0.05, 0.1) is 12.8 Å². The van der Waals surface area contributed by atoms with Crippen molar-refractivity contribution in [3.8, 4) is 17.1 Å². The zero-order chi connectivity index (χ0) is 12.4. The third kappa shape index (κ3) is 2.34. The Morgan fingerprint density at radius 2 is 2.06 bits per heavy atom. The molecule has 5 heteroatoms. The Morgan fingerprint density at radius 1 is 1.29 bits per heavy atom. The molecule has 17 heavy (non-hydrogen) atoms. The van der Waals surface area contributed by atoms with Crippen LogP contribution in [0.4, 0.5) is 0 Å². The van der Waals surface area contributed by atoms with Crippen molar-refractivity contribution >= 4 is 12.2 Å². The van der Waals surface area contributed by atoms with Gasteiger partial charge in [-0.05, 0) is 19.9 Å². The molecule has 0 aliphatic rings. The lowest BCUT2D eigenvalue weighted by molar-refractivity contribution is 0.398. The maximum atomic E-state index is 5.27. The van der Waals surface area contributed by atoms with Crippen molar-refractivity contribution in [1.82, 2.24) is 15.0 Å². The Bertz CT molecular complexity index is 590. The van der Waals surface area contributed by atoms with Crippen LogP contribution in [0, 0.1) is 18.5 Å². The van der Waals surface area contributed by atoms with E-state index >= 15 is 0 Å². The van der Waals surface area contributed by atoms with E-state index in [9.17, 15) is 0 Å². The largest absolute Gasteiger partial charge is 0.481 e. The minimum absolute atomic E-state index is 0.576. The molecule has 0 spiro atoms. The molecule has 0 unspecified atom stereocenters. The molecule has 0 atom stereocenters. The smallest absolute Gasteiger partial charge is 0.212 e. The highest BCUT2D eigenvalue weighted by Gasteiger charge is 2.05. The molecule has 0 aliphatic carbocycles. The monoisotopic (exact) mass is 247 g/mol. The zero-order valence-electron chi connectivity index (χ0n) is 9.94. The quantitative estimate of drug-likeness (QED) is 0.829. The van der Waals surface area contributed by atoms with E-state index in [1.54, 1.807) is 19.4 Å². The van der Waals surface area contributed by atoms with E-state index in [0.717, 1.165) is 22.6 Å². The van der Waals surface area contributed by atoms with Gasteiger partial charge >= 0.3 is 0 Å². The first-order chi connectivity index (χ1) is 8.11. The van der Waals surface area contributed by atoms with Crippen molar-refractivity contribution in [3.63, 3.8) is 0 Å². The van der Waals surface area contributed by atoms with Gasteiger partial charge in [-0.1, -0.05) is 12.2 Å². The van der Waals surface area contributed by atoms with Crippen LogP contribution in [0.25, 0.3) is 11.3 Å². The van der Waals surface area contributed by atoms with Crippen LogP contribution in [0.2, 0.25) is 0 Å². The minimum atomic E-state index is 0.576. The summed E-state index contributed by atoms with van der Waals surface area (Å²) >= 11 is 5.27. The SMILES string of the molecule is COc1ccc(-c2nc(C)c(C)[nH]c2=S)cn1. The Labute approximate surface area is 105 Å². The van der Waals surface area contributed by atoms with Gasteiger partial charge in [-0.15, -0.1) is 0 Å². The van der Waals surface area contributed by atoms with Crippen molar-refractivity contribution in [3.05, 3.63) is 34.4 Å². The van der Waals surface area contributed by atoms with Crippen LogP contribution in [0.1, 0.15) is 11.4 Å². The fourth-order valence-electron chi connectivity index (χ4n) is 1.46. The van der Waals surface area contributed by atoms with Crippen LogP contribution in [-0.2, 0) is 0 Å². The number of hydrogen-bond acceptors (Lipinski definition) is 4. The molecule has 4 nitrogen and oxygen atoms in total. The number of rotatable bonds is 2. The van der Waals surface area contributed by atoms with Crippen LogP contribution >= 0.6 is 12.2 Å². The zero-order valence-corrected chi connectivity index (χ0v) is 10.8. The number of hydrogen-bond donors (Lipinski definition) is 1. The van der Waals surface area contributed by atoms with Gasteiger partial charge in [0.25, 0.3) is 0 Å². The van der Waals surface area contributed by atoms with E-state index < -0.39 is 0 Å². The number of H-pyrrole nitrogens is 1. The average Bonchev–Trinajstić information content (AvgIpc) is 2.34. The second-order valence-electron chi connectivity index (χ2n) is 3.71. The summed E-state index contributed by atoms with van der Waals surface area (Å²) in [5.41, 5.74) is 3.55. The highest BCUT2D eigenvalue weighted by atomic mass is 32.1. The van der Waals surface area contributed by atoms with Gasteiger partial charge in [0.15, 0.2) is 0 Å². The summed E-state index contributed by atoms with van der Waals surface area (Å²) in [7, 11) is 1.59. The first-order valence-electron chi connectivity index (χ1n) is 5.19. The Kier molecular flexibility index (Phi) is 3.19. The molecule has 0 fully saturated rings. The Balaban J connectivity index is 2.52. The van der Waals surface area contributed by atoms with Crippen molar-refractivity contribution in [2.45, 2.75) is 13.8 Å². The van der Waals surface area contributed by atoms with Crippen LogP contribution in [0.3, 0.4) is 0 Å². The third-order valence-electron chi connectivity index (χ3n) is 2.56. The molecule has 2 rings (SSSR count). The molecular weight excluding hydrogens is 234 g/mol. The lowest BCUT2D eigenvalue weighted by Crippen LogP contribution is -1.96. The molecule has 0 aliphatic heterocycles. The third-order valence-corrected chi connectivity index (χ3v) is 2.85. The van der Waals surface area contributed by atoms with Crippen LogP contribution in [0.15, 0.2) is 18.3 Å². The van der Waals surface area contributed by atoms with Gasteiger partial charge in [-0.2, -0.15) is 0 Å². The number of aromatic amines is 1. The summed E-state index contributed by atoms with van der Waals surface area (Å²) in [4.78, 5) is 11.8. The van der Waals surface area contributed by atoms with Crippen molar-refractivity contribution < 1.29 is 4.74 Å². The van der Waals surface area contributed by atoms with E-state index in [2.05, 4.69) is 15.0 Å². The lowest BCUT2D eigenvalue weighted by atomic mass is 10.2. The molecule has 2 aromatic rings. The average molecular weight is 247 g/mol. The fraction of sp³-hybridized carbons (Fsp3) is 0.250. The summed E-state index contributed by atoms with van der Waals surface area (Å²) in [6, 6.07) is 3.69. The molecular formula is C12H13N3OS. The van der Waals surface area contributed by atoms with Crippen LogP contribution < -0.4 is 4.74 Å². The molecule has 0 radical (unpaired) electrons. The number of nitrogens with zero attached hydrogens (tertiary/aromatic N) is 2. The van der Waals surface area contributed by atoms with Gasteiger partial charge in [0.2, 0.25) is 5.88 Å². The fourth-order valence-corrected chi connectivity index (χ4v) is 1.78. The van der Waals surface area contributed by atoms with E-state index in [-0.39, 0.29) is 0 Å². The van der Waals surface area contributed by atoms with Crippen LogP contribution in [0.5, 0.6) is 5.88 Å². The first kappa shape index (κ1) is 11.7. The van der Waals surface area contributed by atoms with Gasteiger partial charge in [0, 0.05) is 23.5 Å². The number of pyridine rings is 1. The summed E-state index contributed by atoms with van der Waals surface area (Å²) in [5, 5.41) is 0. The molecule has 0 bridgehead atoms. The Morgan fingerprint density at radius 3 is 2.65 bits per heavy atom. The van der Waals surface area contributed by atoms with Gasteiger partial charge in [0.1, 0.15) is 10.3 Å². The normalized spacial score (nSPS) is 10.3.